The maximum atomic E-state index is 5.29. The van der Waals surface area contributed by atoms with E-state index >= 15 is 0 Å². The zero-order valence-corrected chi connectivity index (χ0v) is 41.8. The Hall–Kier alpha value is 0.0332. The van der Waals surface area contributed by atoms with Crippen LogP contribution in [0.25, 0.3) is 26.5 Å². The normalized spacial score (nSPS) is 16.6. The number of nitrogens with zero attached hydrogens (tertiary/aromatic N) is 2. The van der Waals surface area contributed by atoms with Crippen LogP contribution in [0.5, 0.6) is 0 Å². The Kier molecular flexibility index (Phi) is 21.1. The van der Waals surface area contributed by atoms with Crippen molar-refractivity contribution in [3.8, 4) is 0 Å². The van der Waals surface area contributed by atoms with Gasteiger partial charge in [-0.25, -0.2) is 6.61 Å². The Morgan fingerprint density at radius 3 is 1.04 bits per heavy atom. The fourth-order valence-electron chi connectivity index (χ4n) is 6.49. The maximum absolute atomic E-state index is 5.29. The molecule has 8 heteroatoms. The average molecular weight is 939 g/mol. The van der Waals surface area contributed by atoms with Crippen molar-refractivity contribution in [1.82, 2.24) is 4.98 Å². The molecule has 0 bridgehead atoms. The van der Waals surface area contributed by atoms with Crippen molar-refractivity contribution in [2.45, 2.75) is 183 Å². The van der Waals surface area contributed by atoms with Crippen molar-refractivity contribution in [1.29, 1.82) is 0 Å². The molecular weight excluding hydrogens is 858 g/mol. The van der Waals surface area contributed by atoms with Crippen LogP contribution >= 0.6 is 0 Å². The van der Waals surface area contributed by atoms with Gasteiger partial charge in [0, 0.05) is 33.0 Å². The van der Waals surface area contributed by atoms with Crippen LogP contribution in [0.15, 0.2) is 24.3 Å². The van der Waals surface area contributed by atoms with Crippen molar-refractivity contribution in [3.05, 3.63) is 57.8 Å². The Morgan fingerprint density at radius 2 is 0.870 bits per heavy atom. The molecule has 0 aliphatic carbocycles. The molecule has 0 saturated carbocycles. The van der Waals surface area contributed by atoms with E-state index in [1.165, 1.54) is 76.2 Å². The van der Waals surface area contributed by atoms with E-state index in [4.69, 9.17) is 23.8 Å². The predicted octanol–water partition coefficient (Wildman–Crippen LogP) is 13.7. The monoisotopic (exact) mass is 940 g/mol. The summed E-state index contributed by atoms with van der Waals surface area (Å²) in [6, 6.07) is 9.60. The second-order valence-corrected chi connectivity index (χ2v) is 30.8. The van der Waals surface area contributed by atoms with Crippen LogP contribution in [0, 0.1) is 53.5 Å². The smallest absolute Gasteiger partial charge is 0.668 e. The topological polar surface area (TPSA) is 55.9 Å². The number of ether oxygens (including phenoxy) is 3. The number of hydrogen-bond donors (Lipinski definition) is 0. The van der Waals surface area contributed by atoms with Gasteiger partial charge >= 0.3 is 46.9 Å². The van der Waals surface area contributed by atoms with Gasteiger partial charge in [0.15, 0.2) is 0 Å². The van der Waals surface area contributed by atoms with Crippen LogP contribution in [0.2, 0.25) is 39.3 Å². The Labute approximate surface area is 374 Å². The Bertz CT molecular complexity index is 1390. The molecule has 4 heterocycles. The summed E-state index contributed by atoms with van der Waals surface area (Å²) in [6.07, 6.45) is 7.49. The van der Waals surface area contributed by atoms with Gasteiger partial charge < -0.3 is 23.8 Å². The molecule has 0 N–H and O–H groups in total. The van der Waals surface area contributed by atoms with Crippen molar-refractivity contribution in [2.75, 3.05) is 33.0 Å². The fraction of sp³-hybridized carbons (Fsp3) is 0.717. The molecule has 3 fully saturated rings. The molecule has 3 aliphatic rings. The molecule has 54 heavy (non-hydrogen) atoms. The molecule has 3 saturated heterocycles. The van der Waals surface area contributed by atoms with Crippen molar-refractivity contribution < 1.29 is 61.1 Å². The van der Waals surface area contributed by atoms with Crippen molar-refractivity contribution in [2.24, 2.45) is 0 Å². The third kappa shape index (κ3) is 18.7. The van der Waals surface area contributed by atoms with Gasteiger partial charge in [0.05, 0.1) is 0 Å². The van der Waals surface area contributed by atoms with E-state index in [1.807, 2.05) is 6.61 Å². The molecule has 0 unspecified atom stereocenters. The van der Waals surface area contributed by atoms with Crippen molar-refractivity contribution in [3.63, 3.8) is 0 Å². The van der Waals surface area contributed by atoms with Crippen LogP contribution in [0.4, 0.5) is 0 Å². The van der Waals surface area contributed by atoms with Gasteiger partial charge in [-0.15, -0.1) is 11.0 Å². The molecule has 3 aliphatic heterocycles. The number of hydrogen-bond acceptors (Lipinski definition) is 3. The summed E-state index contributed by atoms with van der Waals surface area (Å²) in [7, 11) is -2.21. The number of benzene rings is 2. The van der Waals surface area contributed by atoms with Gasteiger partial charge in [-0.2, -0.15) is 6.42 Å². The largest absolute Gasteiger partial charge is 3.00 e. The SMILES string of the molecule is C1CCOC1.C1CCOC1.CC(C)(C)c1cc(C(C)(C)C)c2[n-]c3c(C(C)(C)C)cc(C(C)(C)C)cc3c2c1.C[Si](C)(C)[N-][Si](C)(C)C.[CH-]1CCCO1.[Yb+3]. The molecule has 2 aromatic carbocycles. The van der Waals surface area contributed by atoms with Gasteiger partial charge in [-0.3, -0.25) is 0 Å². The third-order valence-corrected chi connectivity index (χ3v) is 14.5. The van der Waals surface area contributed by atoms with Crippen LogP contribution in [-0.2, 0) is 35.9 Å². The summed E-state index contributed by atoms with van der Waals surface area (Å²) in [5.41, 5.74) is 8.15. The minimum atomic E-state index is -1.11. The van der Waals surface area contributed by atoms with E-state index < -0.39 is 16.5 Å². The molecule has 6 rings (SSSR count). The second-order valence-electron chi connectivity index (χ2n) is 21.2. The van der Waals surface area contributed by atoms with Gasteiger partial charge in [-0.05, 0) is 69.2 Å². The van der Waals surface area contributed by atoms with Gasteiger partial charge in [0.2, 0.25) is 0 Å². The Balaban J connectivity index is 0.000000465. The summed E-state index contributed by atoms with van der Waals surface area (Å²) in [5.74, 6) is 0. The van der Waals surface area contributed by atoms with E-state index in [0.717, 1.165) is 39.5 Å². The standard InChI is InChI=1S/C28H40N.C6H18NSi2.2C4H8O.C4H7O.Yb/c1-25(2,3)17-13-19-20-14-18(26(4,5)6)16-22(28(10,11)12)24(20)29-23(19)21(15-17)27(7,8)9;1-8(2,3)7-9(4,5)6;3*1-2-4-5-3-1;/h13-16H,1-12H3;1-6H3;2*1-4H2;3H,1-2,4H2;/q2*-1;;;-1;+3. The minimum absolute atomic E-state index is 0. The predicted molar refractivity (Wildman–Crippen MR) is 239 cm³/mol. The first kappa shape index (κ1) is 52.1. The van der Waals surface area contributed by atoms with Gasteiger partial charge in [-0.1, -0.05) is 181 Å². The van der Waals surface area contributed by atoms with Crippen LogP contribution in [0.1, 0.15) is 144 Å². The summed E-state index contributed by atoms with van der Waals surface area (Å²) in [6.45, 7) is 48.2. The zero-order valence-electron chi connectivity index (χ0n) is 38.1. The van der Waals surface area contributed by atoms with Crippen molar-refractivity contribution >= 4 is 38.3 Å². The van der Waals surface area contributed by atoms with Gasteiger partial charge in [0.25, 0.3) is 0 Å². The number of fused-ring (bicyclic) bond motifs is 3. The van der Waals surface area contributed by atoms with Crippen LogP contribution < -0.4 is 4.98 Å². The fourth-order valence-corrected chi connectivity index (χ4v) is 14.5. The van der Waals surface area contributed by atoms with E-state index in [2.05, 4.69) is 147 Å². The first-order chi connectivity index (χ1) is 24.1. The average Bonchev–Trinajstić information content (AvgIpc) is 3.82. The number of aromatic nitrogens is 1. The summed E-state index contributed by atoms with van der Waals surface area (Å²) in [5, 5.41) is 2.63. The molecule has 315 valence electrons. The first-order valence-corrected chi connectivity index (χ1v) is 27.4. The second kappa shape index (κ2) is 21.9. The van der Waals surface area contributed by atoms with Crippen LogP contribution in [0.3, 0.4) is 0 Å². The molecule has 0 amide bonds. The molecule has 3 aromatic rings. The van der Waals surface area contributed by atoms with E-state index in [-0.39, 0.29) is 68.6 Å². The van der Waals surface area contributed by atoms with E-state index in [1.54, 1.807) is 0 Å². The molecular formula is C46H81N2O3Si2Yb. The quantitative estimate of drug-likeness (QED) is 0.190. The molecule has 0 spiro atoms. The summed E-state index contributed by atoms with van der Waals surface area (Å²) < 4.78 is 19.5. The number of rotatable bonds is 2. The van der Waals surface area contributed by atoms with Crippen LogP contribution in [-0.4, -0.2) is 49.5 Å². The summed E-state index contributed by atoms with van der Waals surface area (Å²) >= 11 is 0. The molecule has 0 atom stereocenters. The molecule has 1 radical (unpaired) electrons. The summed E-state index contributed by atoms with van der Waals surface area (Å²) in [4.78, 5) is 5.29. The maximum Gasteiger partial charge on any atom is 3.00 e. The Morgan fingerprint density at radius 1 is 0.519 bits per heavy atom. The van der Waals surface area contributed by atoms with E-state index in [9.17, 15) is 0 Å². The third-order valence-electron chi connectivity index (χ3n) is 9.11. The minimum Gasteiger partial charge on any atom is -0.668 e. The molecule has 1 aromatic heterocycles. The first-order valence-electron chi connectivity index (χ1n) is 20.5. The van der Waals surface area contributed by atoms with Gasteiger partial charge in [0.1, 0.15) is 0 Å². The molecule has 5 nitrogen and oxygen atoms in total. The van der Waals surface area contributed by atoms with E-state index in [0.29, 0.717) is 0 Å². The zero-order chi connectivity index (χ0) is 40.5.